The second-order valence-electron chi connectivity index (χ2n) is 3.61. The molecule has 2 atom stereocenters. The van der Waals surface area contributed by atoms with Gasteiger partial charge < -0.3 is 0 Å². The van der Waals surface area contributed by atoms with E-state index >= 15 is 0 Å². The van der Waals surface area contributed by atoms with Crippen LogP contribution in [-0.4, -0.2) is 5.78 Å². The van der Waals surface area contributed by atoms with Crippen LogP contribution in [0, 0.1) is 11.8 Å². The molecule has 0 amide bonds. The molecule has 1 aromatic heterocycles. The SMILES string of the molecule is CCC1CC1C(=O)c1cc(Br)c(Br)s1. The fourth-order valence-electron chi connectivity index (χ4n) is 1.67. The van der Waals surface area contributed by atoms with Crippen molar-refractivity contribution in [2.75, 3.05) is 0 Å². The van der Waals surface area contributed by atoms with Gasteiger partial charge in [0.15, 0.2) is 5.78 Å². The fraction of sp³-hybridized carbons (Fsp3) is 0.500. The zero-order valence-corrected chi connectivity index (χ0v) is 11.7. The summed E-state index contributed by atoms with van der Waals surface area (Å²) in [6.45, 7) is 2.15. The van der Waals surface area contributed by atoms with Crippen LogP contribution in [0.25, 0.3) is 0 Å². The number of carbonyl (C=O) groups excluding carboxylic acids is 1. The first-order chi connectivity index (χ1) is 6.63. The van der Waals surface area contributed by atoms with Gasteiger partial charge in [-0.1, -0.05) is 13.3 Å². The van der Waals surface area contributed by atoms with Crippen LogP contribution in [0.5, 0.6) is 0 Å². The molecular weight excluding hydrogens is 328 g/mol. The standard InChI is InChI=1S/C10H10Br2OS/c1-2-5-3-6(5)9(13)8-4-7(11)10(12)14-8/h4-6H,2-3H2,1H3. The lowest BCUT2D eigenvalue weighted by molar-refractivity contribution is 0.0965. The first kappa shape index (κ1) is 10.8. The second kappa shape index (κ2) is 4.06. The van der Waals surface area contributed by atoms with E-state index in [1.165, 1.54) is 11.3 Å². The molecule has 2 unspecified atom stereocenters. The maximum Gasteiger partial charge on any atom is 0.176 e. The van der Waals surface area contributed by atoms with Gasteiger partial charge in [0, 0.05) is 10.4 Å². The Balaban J connectivity index is 2.13. The zero-order valence-electron chi connectivity index (χ0n) is 7.72. The van der Waals surface area contributed by atoms with Gasteiger partial charge in [-0.25, -0.2) is 0 Å². The fourth-order valence-corrected chi connectivity index (χ4v) is 3.71. The zero-order chi connectivity index (χ0) is 10.3. The molecule has 0 bridgehead atoms. The molecule has 1 aliphatic carbocycles. The molecule has 1 aromatic rings. The average Bonchev–Trinajstić information content (AvgIpc) is 2.87. The summed E-state index contributed by atoms with van der Waals surface area (Å²) in [7, 11) is 0. The number of halogens is 2. The molecule has 0 aliphatic heterocycles. The van der Waals surface area contributed by atoms with Crippen LogP contribution < -0.4 is 0 Å². The average molecular weight is 338 g/mol. The molecule has 0 aromatic carbocycles. The lowest BCUT2D eigenvalue weighted by Gasteiger charge is -1.93. The van der Waals surface area contributed by atoms with Crippen molar-refractivity contribution in [2.24, 2.45) is 11.8 Å². The number of ketones is 1. The van der Waals surface area contributed by atoms with Crippen LogP contribution >= 0.6 is 43.2 Å². The molecule has 1 fully saturated rings. The van der Waals surface area contributed by atoms with Crippen molar-refractivity contribution in [1.29, 1.82) is 0 Å². The summed E-state index contributed by atoms with van der Waals surface area (Å²) < 4.78 is 1.99. The van der Waals surface area contributed by atoms with Crippen LogP contribution in [0.4, 0.5) is 0 Å². The quantitative estimate of drug-likeness (QED) is 0.742. The molecule has 4 heteroatoms. The highest BCUT2D eigenvalue weighted by atomic mass is 79.9. The maximum absolute atomic E-state index is 11.9. The van der Waals surface area contributed by atoms with E-state index < -0.39 is 0 Å². The molecule has 0 N–H and O–H groups in total. The first-order valence-electron chi connectivity index (χ1n) is 4.62. The predicted octanol–water partition coefficient (Wildman–Crippen LogP) is 4.50. The van der Waals surface area contributed by atoms with Crippen molar-refractivity contribution in [3.8, 4) is 0 Å². The molecule has 76 valence electrons. The highest BCUT2D eigenvalue weighted by molar-refractivity contribution is 9.13. The van der Waals surface area contributed by atoms with E-state index in [2.05, 4.69) is 38.8 Å². The van der Waals surface area contributed by atoms with Crippen molar-refractivity contribution >= 4 is 49.0 Å². The van der Waals surface area contributed by atoms with Crippen LogP contribution in [0.3, 0.4) is 0 Å². The van der Waals surface area contributed by atoms with Gasteiger partial charge in [0.2, 0.25) is 0 Å². The Labute approximate surface area is 104 Å². The molecule has 1 heterocycles. The van der Waals surface area contributed by atoms with Gasteiger partial charge in [0.1, 0.15) is 0 Å². The van der Waals surface area contributed by atoms with Crippen LogP contribution in [-0.2, 0) is 0 Å². The topological polar surface area (TPSA) is 17.1 Å². The predicted molar refractivity (Wildman–Crippen MR) is 65.9 cm³/mol. The number of thiophene rings is 1. The van der Waals surface area contributed by atoms with Gasteiger partial charge in [0.05, 0.1) is 8.66 Å². The van der Waals surface area contributed by atoms with E-state index in [0.29, 0.717) is 17.6 Å². The summed E-state index contributed by atoms with van der Waals surface area (Å²) in [6.07, 6.45) is 2.21. The smallest absolute Gasteiger partial charge is 0.176 e. The van der Waals surface area contributed by atoms with Crippen molar-refractivity contribution in [3.05, 3.63) is 19.2 Å². The first-order valence-corrected chi connectivity index (χ1v) is 7.02. The molecule has 1 aliphatic rings. The summed E-state index contributed by atoms with van der Waals surface area (Å²) in [5, 5.41) is 0. The monoisotopic (exact) mass is 336 g/mol. The van der Waals surface area contributed by atoms with E-state index in [-0.39, 0.29) is 0 Å². The summed E-state index contributed by atoms with van der Waals surface area (Å²) in [6, 6.07) is 1.92. The Kier molecular flexibility index (Phi) is 3.15. The van der Waals surface area contributed by atoms with Gasteiger partial charge >= 0.3 is 0 Å². The van der Waals surface area contributed by atoms with E-state index in [1.54, 1.807) is 0 Å². The third kappa shape index (κ3) is 1.97. The summed E-state index contributed by atoms with van der Waals surface area (Å²) >= 11 is 8.33. The maximum atomic E-state index is 11.9. The Hall–Kier alpha value is 0.330. The number of hydrogen-bond donors (Lipinski definition) is 0. The van der Waals surface area contributed by atoms with Crippen LogP contribution in [0.15, 0.2) is 14.3 Å². The van der Waals surface area contributed by atoms with Crippen LogP contribution in [0.2, 0.25) is 0 Å². The second-order valence-corrected chi connectivity index (χ2v) is 6.83. The minimum absolute atomic E-state index is 0.303. The molecule has 2 rings (SSSR count). The molecule has 14 heavy (non-hydrogen) atoms. The number of Topliss-reactive ketones (excluding diaryl/α,β-unsaturated/α-hetero) is 1. The summed E-state index contributed by atoms with van der Waals surface area (Å²) in [4.78, 5) is 12.8. The van der Waals surface area contributed by atoms with E-state index in [9.17, 15) is 4.79 Å². The van der Waals surface area contributed by atoms with E-state index in [1.807, 2.05) is 6.07 Å². The Morgan fingerprint density at radius 3 is 2.79 bits per heavy atom. The van der Waals surface area contributed by atoms with Crippen molar-refractivity contribution in [3.63, 3.8) is 0 Å². The lowest BCUT2D eigenvalue weighted by atomic mass is 10.1. The number of carbonyl (C=O) groups is 1. The number of rotatable bonds is 3. The van der Waals surface area contributed by atoms with Crippen molar-refractivity contribution in [1.82, 2.24) is 0 Å². The van der Waals surface area contributed by atoms with Gasteiger partial charge in [-0.2, -0.15) is 0 Å². The molecule has 1 saturated carbocycles. The van der Waals surface area contributed by atoms with Gasteiger partial charge in [-0.15, -0.1) is 11.3 Å². The van der Waals surface area contributed by atoms with E-state index in [4.69, 9.17) is 0 Å². The highest BCUT2D eigenvalue weighted by Crippen LogP contribution is 2.45. The Morgan fingerprint density at radius 2 is 2.36 bits per heavy atom. The molecule has 1 nitrogen and oxygen atoms in total. The molecular formula is C10H10Br2OS. The van der Waals surface area contributed by atoms with Gasteiger partial charge in [-0.3, -0.25) is 4.79 Å². The summed E-state index contributed by atoms with van der Waals surface area (Å²) in [5.41, 5.74) is 0. The number of hydrogen-bond acceptors (Lipinski definition) is 2. The lowest BCUT2D eigenvalue weighted by Crippen LogP contribution is -2.00. The normalized spacial score (nSPS) is 25.1. The van der Waals surface area contributed by atoms with Gasteiger partial charge in [-0.05, 0) is 50.3 Å². The minimum Gasteiger partial charge on any atom is -0.293 e. The van der Waals surface area contributed by atoms with Crippen molar-refractivity contribution in [2.45, 2.75) is 19.8 Å². The Bertz CT molecular complexity index is 353. The molecule has 0 saturated heterocycles. The van der Waals surface area contributed by atoms with Crippen molar-refractivity contribution < 1.29 is 4.79 Å². The van der Waals surface area contributed by atoms with Gasteiger partial charge in [0.25, 0.3) is 0 Å². The molecule has 0 spiro atoms. The highest BCUT2D eigenvalue weighted by Gasteiger charge is 2.42. The summed E-state index contributed by atoms with van der Waals surface area (Å²) in [5.74, 6) is 1.27. The third-order valence-electron chi connectivity index (χ3n) is 2.67. The minimum atomic E-state index is 0.303. The van der Waals surface area contributed by atoms with Crippen LogP contribution in [0.1, 0.15) is 29.4 Å². The third-order valence-corrected chi connectivity index (χ3v) is 5.94. The Morgan fingerprint density at radius 1 is 1.64 bits per heavy atom. The van der Waals surface area contributed by atoms with E-state index in [0.717, 1.165) is 26.0 Å². The molecule has 0 radical (unpaired) electrons. The largest absolute Gasteiger partial charge is 0.293 e.